The molecule has 0 bridgehead atoms. The molecule has 1 aromatic rings. The van der Waals surface area contributed by atoms with Crippen molar-refractivity contribution in [2.75, 3.05) is 40.0 Å². The molecule has 1 fully saturated rings. The first-order valence-corrected chi connectivity index (χ1v) is 9.88. The number of hydrogen-bond donors (Lipinski definition) is 1. The van der Waals surface area contributed by atoms with Crippen molar-refractivity contribution >= 4 is 17.8 Å². The zero-order chi connectivity index (χ0) is 21.2. The molecule has 8 heteroatoms. The van der Waals surface area contributed by atoms with Gasteiger partial charge in [-0.15, -0.1) is 0 Å². The molecule has 29 heavy (non-hydrogen) atoms. The maximum atomic E-state index is 12.2. The Kier molecular flexibility index (Phi) is 9.08. The standard InChI is InChI=1S/C21H30N2O6/c1-4-15(2)19(21(26)27-3)22-18(24)14-29-20(25)17-7-5-16(6-8-17)13-23-9-11-28-12-10-23/h5-8,15,19H,4,9-14H2,1-3H3,(H,22,24)/t15-,19-/m1/s1. The SMILES string of the molecule is CC[C@@H](C)[C@@H](NC(=O)COC(=O)c1ccc(CN2CCOCC2)cc1)C(=O)OC. The van der Waals surface area contributed by atoms with Gasteiger partial charge in [0.1, 0.15) is 6.04 Å². The van der Waals surface area contributed by atoms with Crippen LogP contribution in [0.3, 0.4) is 0 Å². The number of carbonyl (C=O) groups is 3. The molecule has 160 valence electrons. The molecule has 1 aliphatic heterocycles. The highest BCUT2D eigenvalue weighted by molar-refractivity contribution is 5.92. The molecule has 1 aliphatic rings. The van der Waals surface area contributed by atoms with Crippen LogP contribution in [0.4, 0.5) is 0 Å². The molecule has 0 spiro atoms. The zero-order valence-corrected chi connectivity index (χ0v) is 17.3. The molecule has 1 saturated heterocycles. The maximum Gasteiger partial charge on any atom is 0.338 e. The normalized spacial score (nSPS) is 16.5. The molecule has 1 heterocycles. The average Bonchev–Trinajstić information content (AvgIpc) is 2.76. The summed E-state index contributed by atoms with van der Waals surface area (Å²) in [5.74, 6) is -1.75. The number of esters is 2. The van der Waals surface area contributed by atoms with Crippen LogP contribution in [0.15, 0.2) is 24.3 Å². The van der Waals surface area contributed by atoms with Gasteiger partial charge in [-0.1, -0.05) is 32.4 Å². The van der Waals surface area contributed by atoms with Crippen LogP contribution in [0, 0.1) is 5.92 Å². The Labute approximate surface area is 171 Å². The van der Waals surface area contributed by atoms with E-state index in [0.29, 0.717) is 12.0 Å². The van der Waals surface area contributed by atoms with Crippen molar-refractivity contribution in [3.05, 3.63) is 35.4 Å². The van der Waals surface area contributed by atoms with Crippen LogP contribution >= 0.6 is 0 Å². The lowest BCUT2D eigenvalue weighted by Gasteiger charge is -2.26. The molecule has 1 amide bonds. The lowest BCUT2D eigenvalue weighted by Crippen LogP contribution is -2.47. The fourth-order valence-corrected chi connectivity index (χ4v) is 2.99. The predicted octanol–water partition coefficient (Wildman–Crippen LogP) is 1.38. The molecule has 1 N–H and O–H groups in total. The van der Waals surface area contributed by atoms with Gasteiger partial charge in [-0.3, -0.25) is 9.69 Å². The van der Waals surface area contributed by atoms with Gasteiger partial charge in [-0.2, -0.15) is 0 Å². The van der Waals surface area contributed by atoms with E-state index in [0.717, 1.165) is 38.4 Å². The van der Waals surface area contributed by atoms with Gasteiger partial charge in [0.25, 0.3) is 5.91 Å². The number of nitrogens with one attached hydrogen (secondary N) is 1. The predicted molar refractivity (Wildman–Crippen MR) is 106 cm³/mol. The first kappa shape index (κ1) is 22.8. The number of hydrogen-bond acceptors (Lipinski definition) is 7. The third-order valence-corrected chi connectivity index (χ3v) is 5.02. The highest BCUT2D eigenvalue weighted by Gasteiger charge is 2.27. The van der Waals surface area contributed by atoms with E-state index in [2.05, 4.69) is 10.2 Å². The molecule has 0 radical (unpaired) electrons. The van der Waals surface area contributed by atoms with Crippen molar-refractivity contribution in [1.29, 1.82) is 0 Å². The number of methoxy groups -OCH3 is 1. The summed E-state index contributed by atoms with van der Waals surface area (Å²) in [6.07, 6.45) is 0.691. The van der Waals surface area contributed by atoms with Gasteiger partial charge < -0.3 is 19.5 Å². The summed E-state index contributed by atoms with van der Waals surface area (Å²) in [7, 11) is 1.27. The minimum Gasteiger partial charge on any atom is -0.467 e. The zero-order valence-electron chi connectivity index (χ0n) is 17.3. The molecule has 0 unspecified atom stereocenters. The summed E-state index contributed by atoms with van der Waals surface area (Å²) < 4.78 is 15.1. The molecule has 0 aromatic heterocycles. The van der Waals surface area contributed by atoms with Crippen molar-refractivity contribution in [3.8, 4) is 0 Å². The van der Waals surface area contributed by atoms with Gasteiger partial charge >= 0.3 is 11.9 Å². The minimum atomic E-state index is -0.768. The largest absolute Gasteiger partial charge is 0.467 e. The minimum absolute atomic E-state index is 0.0962. The Morgan fingerprint density at radius 3 is 2.41 bits per heavy atom. The van der Waals surface area contributed by atoms with E-state index in [9.17, 15) is 14.4 Å². The number of amides is 1. The van der Waals surface area contributed by atoms with Crippen LogP contribution < -0.4 is 5.32 Å². The monoisotopic (exact) mass is 406 g/mol. The van der Waals surface area contributed by atoms with Crippen molar-refractivity contribution in [2.45, 2.75) is 32.9 Å². The Morgan fingerprint density at radius 2 is 1.83 bits per heavy atom. The Hall–Kier alpha value is -2.45. The number of morpholine rings is 1. The topological polar surface area (TPSA) is 94.2 Å². The number of nitrogens with zero attached hydrogens (tertiary/aromatic N) is 1. The van der Waals surface area contributed by atoms with Gasteiger partial charge in [0.15, 0.2) is 6.61 Å². The molecule has 2 rings (SSSR count). The van der Waals surface area contributed by atoms with Crippen LogP contribution in [0.25, 0.3) is 0 Å². The lowest BCUT2D eigenvalue weighted by molar-refractivity contribution is -0.147. The van der Waals surface area contributed by atoms with Gasteiger partial charge in [-0.05, 0) is 23.6 Å². The third kappa shape index (κ3) is 7.14. The van der Waals surface area contributed by atoms with Crippen LogP contribution in [0.5, 0.6) is 0 Å². The van der Waals surface area contributed by atoms with Crippen molar-refractivity contribution in [1.82, 2.24) is 10.2 Å². The van der Waals surface area contributed by atoms with Gasteiger partial charge in [-0.25, -0.2) is 9.59 Å². The second-order valence-electron chi connectivity index (χ2n) is 7.12. The number of carbonyl (C=O) groups excluding carboxylic acids is 3. The first-order chi connectivity index (χ1) is 13.9. The van der Waals surface area contributed by atoms with E-state index in [1.807, 2.05) is 26.0 Å². The fourth-order valence-electron chi connectivity index (χ4n) is 2.99. The van der Waals surface area contributed by atoms with E-state index in [1.165, 1.54) is 7.11 Å². The number of ether oxygens (including phenoxy) is 3. The summed E-state index contributed by atoms with van der Waals surface area (Å²) in [6.45, 7) is 7.34. The highest BCUT2D eigenvalue weighted by atomic mass is 16.5. The Morgan fingerprint density at radius 1 is 1.17 bits per heavy atom. The number of benzene rings is 1. The molecule has 0 aliphatic carbocycles. The summed E-state index contributed by atoms with van der Waals surface area (Å²) >= 11 is 0. The van der Waals surface area contributed by atoms with Crippen molar-refractivity contribution in [2.24, 2.45) is 5.92 Å². The number of rotatable bonds is 9. The molecule has 0 saturated carbocycles. The van der Waals surface area contributed by atoms with Gasteiger partial charge in [0, 0.05) is 19.6 Å². The second kappa shape index (κ2) is 11.5. The fraction of sp³-hybridized carbons (Fsp3) is 0.571. The Balaban J connectivity index is 1.83. The molecular formula is C21H30N2O6. The van der Waals surface area contributed by atoms with Gasteiger partial charge in [0.2, 0.25) is 0 Å². The quantitative estimate of drug-likeness (QED) is 0.619. The van der Waals surface area contributed by atoms with Crippen LogP contribution in [0.1, 0.15) is 36.2 Å². The van der Waals surface area contributed by atoms with Crippen LogP contribution in [-0.4, -0.2) is 68.8 Å². The van der Waals surface area contributed by atoms with Crippen LogP contribution in [0.2, 0.25) is 0 Å². The summed E-state index contributed by atoms with van der Waals surface area (Å²) in [4.78, 5) is 38.4. The third-order valence-electron chi connectivity index (χ3n) is 5.02. The summed E-state index contributed by atoms with van der Waals surface area (Å²) in [5, 5.41) is 2.57. The smallest absolute Gasteiger partial charge is 0.338 e. The summed E-state index contributed by atoms with van der Waals surface area (Å²) in [5.41, 5.74) is 1.46. The highest BCUT2D eigenvalue weighted by Crippen LogP contribution is 2.11. The summed E-state index contributed by atoms with van der Waals surface area (Å²) in [6, 6.07) is 6.36. The first-order valence-electron chi connectivity index (χ1n) is 9.88. The van der Waals surface area contributed by atoms with E-state index in [-0.39, 0.29) is 5.92 Å². The molecule has 1 aromatic carbocycles. The van der Waals surface area contributed by atoms with Crippen molar-refractivity contribution < 1.29 is 28.6 Å². The molecular weight excluding hydrogens is 376 g/mol. The van der Waals surface area contributed by atoms with E-state index >= 15 is 0 Å². The molecule has 2 atom stereocenters. The Bertz CT molecular complexity index is 685. The lowest BCUT2D eigenvalue weighted by atomic mass is 9.99. The van der Waals surface area contributed by atoms with Crippen molar-refractivity contribution in [3.63, 3.8) is 0 Å². The van der Waals surface area contributed by atoms with E-state index in [4.69, 9.17) is 14.2 Å². The second-order valence-corrected chi connectivity index (χ2v) is 7.12. The van der Waals surface area contributed by atoms with E-state index < -0.39 is 30.5 Å². The molecule has 8 nitrogen and oxygen atoms in total. The van der Waals surface area contributed by atoms with Gasteiger partial charge in [0.05, 0.1) is 25.9 Å². The maximum absolute atomic E-state index is 12.2. The van der Waals surface area contributed by atoms with E-state index in [1.54, 1.807) is 12.1 Å². The average molecular weight is 406 g/mol. The van der Waals surface area contributed by atoms with Crippen LogP contribution in [-0.2, 0) is 30.3 Å².